The fraction of sp³-hybridized carbons (Fsp3) is 0.615. The van der Waals surface area contributed by atoms with Crippen LogP contribution in [0, 0.1) is 0 Å². The molecule has 90 valence electrons. The third-order valence-electron chi connectivity index (χ3n) is 2.24. The van der Waals surface area contributed by atoms with Crippen molar-refractivity contribution in [1.29, 1.82) is 0 Å². The molecular formula is C13H23N3. The van der Waals surface area contributed by atoms with Gasteiger partial charge in [0.05, 0.1) is 0 Å². The maximum absolute atomic E-state index is 5.70. The molecule has 0 saturated carbocycles. The summed E-state index contributed by atoms with van der Waals surface area (Å²) in [7, 11) is 0. The normalized spacial score (nSPS) is 11.9. The lowest BCUT2D eigenvalue weighted by atomic mass is 10.1. The Morgan fingerprint density at radius 3 is 2.38 bits per heavy atom. The Labute approximate surface area is 98.5 Å². The Morgan fingerprint density at radius 1 is 1.31 bits per heavy atom. The predicted molar refractivity (Wildman–Crippen MR) is 69.6 cm³/mol. The number of nitrogens with one attached hydrogen (secondary N) is 1. The summed E-state index contributed by atoms with van der Waals surface area (Å²) in [5.41, 5.74) is 7.94. The minimum Gasteiger partial charge on any atom is -0.365 e. The van der Waals surface area contributed by atoms with E-state index >= 15 is 0 Å². The van der Waals surface area contributed by atoms with Crippen LogP contribution in [0.25, 0.3) is 0 Å². The van der Waals surface area contributed by atoms with Crippen LogP contribution in [0.4, 0.5) is 5.82 Å². The smallest absolute Gasteiger partial charge is 0.126 e. The van der Waals surface area contributed by atoms with Gasteiger partial charge in [0.2, 0.25) is 0 Å². The predicted octanol–water partition coefficient (Wildman–Crippen LogP) is 2.87. The third-order valence-corrected chi connectivity index (χ3v) is 2.24. The van der Waals surface area contributed by atoms with E-state index in [1.54, 1.807) is 0 Å². The van der Waals surface area contributed by atoms with Crippen LogP contribution in [-0.4, -0.2) is 10.5 Å². The van der Waals surface area contributed by atoms with Gasteiger partial charge in [0.25, 0.3) is 0 Å². The first-order chi connectivity index (χ1) is 7.31. The van der Waals surface area contributed by atoms with E-state index in [0.29, 0.717) is 12.5 Å². The summed E-state index contributed by atoms with van der Waals surface area (Å²) >= 11 is 0. The zero-order valence-corrected chi connectivity index (χ0v) is 11.0. The van der Waals surface area contributed by atoms with Crippen molar-refractivity contribution in [2.24, 2.45) is 5.73 Å². The summed E-state index contributed by atoms with van der Waals surface area (Å²) in [4.78, 5) is 4.60. The molecule has 0 aliphatic heterocycles. The summed E-state index contributed by atoms with van der Waals surface area (Å²) in [6, 6.07) is 4.11. The van der Waals surface area contributed by atoms with E-state index in [9.17, 15) is 0 Å². The molecule has 0 radical (unpaired) electrons. The Hall–Kier alpha value is -1.09. The fourth-order valence-electron chi connectivity index (χ4n) is 1.47. The third kappa shape index (κ3) is 3.81. The first-order valence-electron chi connectivity index (χ1n) is 5.81. The van der Waals surface area contributed by atoms with E-state index in [4.69, 9.17) is 5.73 Å². The lowest BCUT2D eigenvalue weighted by Gasteiger charge is -2.22. The number of hydrogen-bond donors (Lipinski definition) is 2. The Bertz CT molecular complexity index is 351. The molecule has 3 N–H and O–H groups in total. The summed E-state index contributed by atoms with van der Waals surface area (Å²) in [6.45, 7) is 11.2. The van der Waals surface area contributed by atoms with Crippen LogP contribution in [0.3, 0.4) is 0 Å². The van der Waals surface area contributed by atoms with Gasteiger partial charge in [0, 0.05) is 17.8 Å². The Kier molecular flexibility index (Phi) is 3.92. The molecule has 1 rings (SSSR count). The van der Waals surface area contributed by atoms with Crippen LogP contribution in [0.15, 0.2) is 12.1 Å². The van der Waals surface area contributed by atoms with Gasteiger partial charge in [0.15, 0.2) is 0 Å². The molecule has 0 spiro atoms. The van der Waals surface area contributed by atoms with Crippen molar-refractivity contribution in [2.75, 3.05) is 5.32 Å². The zero-order chi connectivity index (χ0) is 12.3. The first-order valence-corrected chi connectivity index (χ1v) is 5.81. The number of pyridine rings is 1. The molecular weight excluding hydrogens is 198 g/mol. The number of aromatic nitrogens is 1. The molecule has 3 heteroatoms. The van der Waals surface area contributed by atoms with Crippen LogP contribution in [0.5, 0.6) is 0 Å². The van der Waals surface area contributed by atoms with Crippen molar-refractivity contribution in [3.05, 3.63) is 23.4 Å². The topological polar surface area (TPSA) is 50.9 Å². The molecule has 16 heavy (non-hydrogen) atoms. The van der Waals surface area contributed by atoms with Gasteiger partial charge in [-0.15, -0.1) is 0 Å². The molecule has 0 aliphatic carbocycles. The van der Waals surface area contributed by atoms with Gasteiger partial charge in [-0.1, -0.05) is 13.8 Å². The highest BCUT2D eigenvalue weighted by Gasteiger charge is 2.12. The van der Waals surface area contributed by atoms with Gasteiger partial charge in [0.1, 0.15) is 5.82 Å². The average molecular weight is 221 g/mol. The van der Waals surface area contributed by atoms with Crippen molar-refractivity contribution >= 4 is 5.82 Å². The molecule has 1 aromatic rings. The van der Waals surface area contributed by atoms with Crippen molar-refractivity contribution < 1.29 is 0 Å². The van der Waals surface area contributed by atoms with E-state index in [1.165, 1.54) is 0 Å². The second-order valence-electron chi connectivity index (χ2n) is 5.52. The van der Waals surface area contributed by atoms with E-state index in [0.717, 1.165) is 17.1 Å². The molecule has 0 aromatic carbocycles. The molecule has 0 saturated heterocycles. The van der Waals surface area contributed by atoms with Crippen LogP contribution < -0.4 is 11.1 Å². The van der Waals surface area contributed by atoms with Gasteiger partial charge in [-0.05, 0) is 44.4 Å². The van der Waals surface area contributed by atoms with Gasteiger partial charge in [-0.2, -0.15) is 0 Å². The van der Waals surface area contributed by atoms with Crippen molar-refractivity contribution in [3.8, 4) is 0 Å². The number of nitrogens with two attached hydrogens (primary N) is 1. The van der Waals surface area contributed by atoms with Gasteiger partial charge < -0.3 is 11.1 Å². The zero-order valence-electron chi connectivity index (χ0n) is 11.0. The maximum Gasteiger partial charge on any atom is 0.126 e. The van der Waals surface area contributed by atoms with Crippen LogP contribution in [-0.2, 0) is 6.54 Å². The molecule has 0 atom stereocenters. The fourth-order valence-corrected chi connectivity index (χ4v) is 1.47. The molecule has 0 aliphatic rings. The van der Waals surface area contributed by atoms with Gasteiger partial charge >= 0.3 is 0 Å². The second-order valence-corrected chi connectivity index (χ2v) is 5.52. The summed E-state index contributed by atoms with van der Waals surface area (Å²) in [5.74, 6) is 1.34. The van der Waals surface area contributed by atoms with Crippen LogP contribution in [0.1, 0.15) is 51.8 Å². The number of hydrogen-bond acceptors (Lipinski definition) is 3. The largest absolute Gasteiger partial charge is 0.365 e. The quantitative estimate of drug-likeness (QED) is 0.825. The van der Waals surface area contributed by atoms with Crippen molar-refractivity contribution in [1.82, 2.24) is 4.98 Å². The average Bonchev–Trinajstić information content (AvgIpc) is 2.14. The minimum atomic E-state index is 0.0223. The Morgan fingerprint density at radius 2 is 1.94 bits per heavy atom. The van der Waals surface area contributed by atoms with Gasteiger partial charge in [-0.3, -0.25) is 0 Å². The van der Waals surface area contributed by atoms with Crippen LogP contribution >= 0.6 is 0 Å². The first kappa shape index (κ1) is 13.0. The summed E-state index contributed by atoms with van der Waals surface area (Å²) < 4.78 is 0. The van der Waals surface area contributed by atoms with E-state index in [-0.39, 0.29) is 5.54 Å². The highest BCUT2D eigenvalue weighted by atomic mass is 15.0. The number of anilines is 1. The molecule has 0 fully saturated rings. The SMILES string of the molecule is CC(C)c1cc(CN)cc(NC(C)(C)C)n1. The molecule has 0 unspecified atom stereocenters. The summed E-state index contributed by atoms with van der Waals surface area (Å²) in [6.07, 6.45) is 0. The van der Waals surface area contributed by atoms with Crippen molar-refractivity contribution in [3.63, 3.8) is 0 Å². The standard InChI is InChI=1S/C13H23N3/c1-9(2)11-6-10(8-14)7-12(15-11)16-13(3,4)5/h6-7,9H,8,14H2,1-5H3,(H,15,16). The van der Waals surface area contributed by atoms with Crippen LogP contribution in [0.2, 0.25) is 0 Å². The monoisotopic (exact) mass is 221 g/mol. The molecule has 1 aromatic heterocycles. The number of rotatable bonds is 3. The molecule has 0 bridgehead atoms. The molecule has 3 nitrogen and oxygen atoms in total. The maximum atomic E-state index is 5.70. The lowest BCUT2D eigenvalue weighted by molar-refractivity contribution is 0.628. The molecule has 0 amide bonds. The van der Waals surface area contributed by atoms with E-state index in [2.05, 4.69) is 51.0 Å². The highest BCUT2D eigenvalue weighted by Crippen LogP contribution is 2.19. The lowest BCUT2D eigenvalue weighted by Crippen LogP contribution is -2.27. The number of nitrogens with zero attached hydrogens (tertiary/aromatic N) is 1. The summed E-state index contributed by atoms with van der Waals surface area (Å²) in [5, 5.41) is 3.38. The van der Waals surface area contributed by atoms with E-state index in [1.807, 2.05) is 6.07 Å². The highest BCUT2D eigenvalue weighted by molar-refractivity contribution is 5.42. The molecule has 1 heterocycles. The second kappa shape index (κ2) is 4.83. The van der Waals surface area contributed by atoms with E-state index < -0.39 is 0 Å². The minimum absolute atomic E-state index is 0.0223. The van der Waals surface area contributed by atoms with Gasteiger partial charge in [-0.25, -0.2) is 4.98 Å². The van der Waals surface area contributed by atoms with Crippen molar-refractivity contribution in [2.45, 2.75) is 52.6 Å². The Balaban J connectivity index is 3.04.